The molecule has 1 atom stereocenters. The Morgan fingerprint density at radius 1 is 1.04 bits per heavy atom. The number of rotatable bonds is 11. The van der Waals surface area contributed by atoms with Gasteiger partial charge in [-0.1, -0.05) is 34.6 Å². The fourth-order valence-electron chi connectivity index (χ4n) is 3.36. The Hall–Kier alpha value is -1.88. The maximum Gasteiger partial charge on any atom is 0.251 e. The van der Waals surface area contributed by atoms with E-state index in [1.165, 1.54) is 4.90 Å². The summed E-state index contributed by atoms with van der Waals surface area (Å²) in [6.45, 7) is 13.2. The predicted octanol–water partition coefficient (Wildman–Crippen LogP) is 4.50. The van der Waals surface area contributed by atoms with Gasteiger partial charge in [0.2, 0.25) is 5.91 Å². The van der Waals surface area contributed by atoms with E-state index in [9.17, 15) is 9.59 Å². The number of carbonyl (C=O) groups is 2. The second-order valence-corrected chi connectivity index (χ2v) is 8.53. The number of hydrogen-bond donors (Lipinski definition) is 0. The molecule has 1 unspecified atom stereocenters. The minimum Gasteiger partial charge on any atom is -0.494 e. The lowest BCUT2D eigenvalue weighted by Crippen LogP contribution is -2.43. The Balaban J connectivity index is 2.12. The monoisotopic (exact) mass is 388 g/mol. The normalized spacial score (nSPS) is 17.4. The van der Waals surface area contributed by atoms with Crippen molar-refractivity contribution < 1.29 is 14.3 Å². The van der Waals surface area contributed by atoms with Gasteiger partial charge < -0.3 is 4.74 Å². The van der Waals surface area contributed by atoms with Gasteiger partial charge in [-0.2, -0.15) is 0 Å². The smallest absolute Gasteiger partial charge is 0.251 e. The molecule has 0 aromatic heterocycles. The lowest BCUT2D eigenvalue weighted by molar-refractivity contribution is -0.123. The highest BCUT2D eigenvalue weighted by molar-refractivity contribution is 6.22. The number of anilines is 1. The van der Waals surface area contributed by atoms with Crippen LogP contribution in [0.25, 0.3) is 0 Å². The number of hydrogen-bond acceptors (Lipinski definition) is 4. The van der Waals surface area contributed by atoms with Crippen LogP contribution in [0.1, 0.15) is 60.3 Å². The molecule has 1 heterocycles. The summed E-state index contributed by atoms with van der Waals surface area (Å²) in [5, 5.41) is 0. The molecule has 0 bridgehead atoms. The molecule has 5 nitrogen and oxygen atoms in total. The summed E-state index contributed by atoms with van der Waals surface area (Å²) in [5.74, 6) is 1.69. The summed E-state index contributed by atoms with van der Waals surface area (Å²) in [7, 11) is 0. The molecular formula is C23H36N2O3. The van der Waals surface area contributed by atoms with Crippen molar-refractivity contribution in [2.24, 2.45) is 11.8 Å². The molecular weight excluding hydrogens is 352 g/mol. The highest BCUT2D eigenvalue weighted by atomic mass is 16.5. The van der Waals surface area contributed by atoms with Gasteiger partial charge in [0.1, 0.15) is 5.75 Å². The fraction of sp³-hybridized carbons (Fsp3) is 0.652. The first-order valence-electron chi connectivity index (χ1n) is 10.7. The van der Waals surface area contributed by atoms with E-state index in [2.05, 4.69) is 39.5 Å². The van der Waals surface area contributed by atoms with Crippen molar-refractivity contribution in [1.29, 1.82) is 0 Å². The molecule has 0 aliphatic carbocycles. The van der Waals surface area contributed by atoms with Gasteiger partial charge >= 0.3 is 0 Å². The van der Waals surface area contributed by atoms with Crippen LogP contribution in [-0.4, -0.2) is 42.5 Å². The molecule has 0 N–H and O–H groups in total. The first-order chi connectivity index (χ1) is 13.3. The second-order valence-electron chi connectivity index (χ2n) is 8.53. The van der Waals surface area contributed by atoms with Crippen molar-refractivity contribution >= 4 is 17.5 Å². The van der Waals surface area contributed by atoms with E-state index < -0.39 is 0 Å². The molecule has 0 spiro atoms. The zero-order valence-corrected chi connectivity index (χ0v) is 18.1. The number of ether oxygens (including phenoxy) is 1. The van der Waals surface area contributed by atoms with Crippen molar-refractivity contribution in [1.82, 2.24) is 4.90 Å². The predicted molar refractivity (Wildman–Crippen MR) is 114 cm³/mol. The van der Waals surface area contributed by atoms with E-state index in [0.717, 1.165) is 38.1 Å². The lowest BCUT2D eigenvalue weighted by atomic mass is 10.1. The van der Waals surface area contributed by atoms with Crippen LogP contribution >= 0.6 is 0 Å². The molecule has 1 fully saturated rings. The SMILES string of the molecule is CCCOc1ccc(N2C(=O)CC(N(CCC(C)C)CCC(C)C)C2=O)cc1. The highest BCUT2D eigenvalue weighted by Gasteiger charge is 2.42. The van der Waals surface area contributed by atoms with Crippen LogP contribution < -0.4 is 9.64 Å². The van der Waals surface area contributed by atoms with E-state index in [-0.39, 0.29) is 24.3 Å². The van der Waals surface area contributed by atoms with E-state index >= 15 is 0 Å². The van der Waals surface area contributed by atoms with E-state index in [4.69, 9.17) is 4.74 Å². The molecule has 1 aromatic carbocycles. The number of nitrogens with zero attached hydrogens (tertiary/aromatic N) is 2. The minimum atomic E-state index is -0.346. The van der Waals surface area contributed by atoms with Crippen LogP contribution in [0.2, 0.25) is 0 Å². The number of benzene rings is 1. The highest BCUT2D eigenvalue weighted by Crippen LogP contribution is 2.28. The Bertz CT molecular complexity index is 628. The molecule has 5 heteroatoms. The zero-order valence-electron chi connectivity index (χ0n) is 18.1. The van der Waals surface area contributed by atoms with Gasteiger partial charge in [0, 0.05) is 0 Å². The average Bonchev–Trinajstić information content (AvgIpc) is 2.94. The van der Waals surface area contributed by atoms with Crippen LogP contribution in [0.5, 0.6) is 5.75 Å². The molecule has 28 heavy (non-hydrogen) atoms. The number of carbonyl (C=O) groups excluding carboxylic acids is 2. The van der Waals surface area contributed by atoms with Gasteiger partial charge in [-0.3, -0.25) is 14.5 Å². The molecule has 0 radical (unpaired) electrons. The van der Waals surface area contributed by atoms with E-state index in [1.54, 1.807) is 12.1 Å². The summed E-state index contributed by atoms with van der Waals surface area (Å²) in [4.78, 5) is 29.4. The van der Waals surface area contributed by atoms with Crippen molar-refractivity contribution in [3.8, 4) is 5.75 Å². The summed E-state index contributed by atoms with van der Waals surface area (Å²) in [6, 6.07) is 6.91. The molecule has 156 valence electrons. The summed E-state index contributed by atoms with van der Waals surface area (Å²) in [6.07, 6.45) is 3.26. The Labute approximate surface area is 170 Å². The third-order valence-electron chi connectivity index (χ3n) is 5.12. The first-order valence-corrected chi connectivity index (χ1v) is 10.7. The molecule has 1 aliphatic heterocycles. The van der Waals surface area contributed by atoms with Crippen molar-refractivity contribution in [2.45, 2.75) is 66.3 Å². The van der Waals surface area contributed by atoms with Crippen LogP contribution in [0, 0.1) is 11.8 Å². The molecule has 2 rings (SSSR count). The van der Waals surface area contributed by atoms with Gasteiger partial charge in [0.05, 0.1) is 24.8 Å². The largest absolute Gasteiger partial charge is 0.494 e. The van der Waals surface area contributed by atoms with Crippen molar-refractivity contribution in [2.75, 3.05) is 24.6 Å². The standard InChI is InChI=1S/C23H36N2O3/c1-6-15-28-20-9-7-19(8-10-20)25-22(26)16-21(23(25)27)24(13-11-17(2)3)14-12-18(4)5/h7-10,17-18,21H,6,11-16H2,1-5H3. The van der Waals surface area contributed by atoms with Gasteiger partial charge in [-0.05, 0) is 68.5 Å². The molecule has 0 saturated carbocycles. The first kappa shape index (κ1) is 22.4. The number of imide groups is 1. The van der Waals surface area contributed by atoms with E-state index in [0.29, 0.717) is 24.1 Å². The van der Waals surface area contributed by atoms with E-state index in [1.807, 2.05) is 12.1 Å². The summed E-state index contributed by atoms with van der Waals surface area (Å²) >= 11 is 0. The maximum absolute atomic E-state index is 13.1. The van der Waals surface area contributed by atoms with Gasteiger partial charge in [-0.25, -0.2) is 4.90 Å². The lowest BCUT2D eigenvalue weighted by Gasteiger charge is -2.28. The average molecular weight is 389 g/mol. The van der Waals surface area contributed by atoms with Crippen molar-refractivity contribution in [3.05, 3.63) is 24.3 Å². The maximum atomic E-state index is 13.1. The molecule has 1 aromatic rings. The third-order valence-corrected chi connectivity index (χ3v) is 5.12. The molecule has 1 saturated heterocycles. The van der Waals surface area contributed by atoms with Gasteiger partial charge in [-0.15, -0.1) is 0 Å². The second kappa shape index (κ2) is 10.6. The Morgan fingerprint density at radius 2 is 1.61 bits per heavy atom. The van der Waals surface area contributed by atoms with Crippen LogP contribution in [0.15, 0.2) is 24.3 Å². The third kappa shape index (κ3) is 6.06. The fourth-order valence-corrected chi connectivity index (χ4v) is 3.36. The quantitative estimate of drug-likeness (QED) is 0.524. The number of amides is 2. The van der Waals surface area contributed by atoms with Gasteiger partial charge in [0.25, 0.3) is 5.91 Å². The van der Waals surface area contributed by atoms with Gasteiger partial charge in [0.15, 0.2) is 0 Å². The Kier molecular flexibility index (Phi) is 8.49. The summed E-state index contributed by atoms with van der Waals surface area (Å²) < 4.78 is 5.60. The summed E-state index contributed by atoms with van der Waals surface area (Å²) in [5.41, 5.74) is 0.633. The van der Waals surface area contributed by atoms with Crippen LogP contribution in [-0.2, 0) is 9.59 Å². The zero-order chi connectivity index (χ0) is 20.7. The van der Waals surface area contributed by atoms with Crippen LogP contribution in [0.4, 0.5) is 5.69 Å². The minimum absolute atomic E-state index is 0.0975. The Morgan fingerprint density at radius 3 is 2.11 bits per heavy atom. The van der Waals surface area contributed by atoms with Crippen LogP contribution in [0.3, 0.4) is 0 Å². The molecule has 1 aliphatic rings. The van der Waals surface area contributed by atoms with Crippen molar-refractivity contribution in [3.63, 3.8) is 0 Å². The molecule has 2 amide bonds. The topological polar surface area (TPSA) is 49.9 Å².